The lowest BCUT2D eigenvalue weighted by Gasteiger charge is -2.57. The van der Waals surface area contributed by atoms with Crippen LogP contribution in [0, 0.1) is 17.8 Å². The highest BCUT2D eigenvalue weighted by Crippen LogP contribution is 2.60. The van der Waals surface area contributed by atoms with Crippen LogP contribution in [0.15, 0.2) is 65.1 Å². The molecule has 7 rings (SSSR count). The summed E-state index contributed by atoms with van der Waals surface area (Å²) < 4.78 is 11.5. The lowest BCUT2D eigenvalue weighted by molar-refractivity contribution is -0.118. The van der Waals surface area contributed by atoms with Gasteiger partial charge in [-0.15, -0.1) is 11.3 Å². The van der Waals surface area contributed by atoms with Crippen molar-refractivity contribution in [1.82, 2.24) is 5.43 Å². The van der Waals surface area contributed by atoms with Crippen molar-refractivity contribution in [1.29, 1.82) is 0 Å². The van der Waals surface area contributed by atoms with E-state index in [2.05, 4.69) is 28.0 Å². The van der Waals surface area contributed by atoms with E-state index >= 15 is 0 Å². The van der Waals surface area contributed by atoms with E-state index in [0.717, 1.165) is 29.0 Å². The van der Waals surface area contributed by atoms with Crippen molar-refractivity contribution in [2.24, 2.45) is 22.9 Å². The van der Waals surface area contributed by atoms with Crippen LogP contribution in [0.3, 0.4) is 0 Å². The van der Waals surface area contributed by atoms with E-state index in [4.69, 9.17) is 9.47 Å². The summed E-state index contributed by atoms with van der Waals surface area (Å²) in [5, 5.41) is 8.83. The van der Waals surface area contributed by atoms with E-state index in [1.54, 1.807) is 24.3 Å². The van der Waals surface area contributed by atoms with E-state index in [9.17, 15) is 9.59 Å². The van der Waals surface area contributed by atoms with Crippen LogP contribution in [0.2, 0.25) is 0 Å². The Morgan fingerprint density at radius 1 is 0.975 bits per heavy atom. The summed E-state index contributed by atoms with van der Waals surface area (Å²) >= 11 is 1.35. The molecule has 2 aromatic carbocycles. The average Bonchev–Trinajstić information content (AvgIpc) is 3.48. The summed E-state index contributed by atoms with van der Waals surface area (Å²) in [6.45, 7) is 2.18. The van der Waals surface area contributed by atoms with Crippen LogP contribution in [0.5, 0.6) is 11.5 Å². The molecule has 4 saturated carbocycles. The highest BCUT2D eigenvalue weighted by atomic mass is 32.1. The molecule has 4 aliphatic carbocycles. The minimum absolute atomic E-state index is 0.138. The van der Waals surface area contributed by atoms with E-state index in [-0.39, 0.29) is 18.4 Å². The zero-order valence-corrected chi connectivity index (χ0v) is 23.5. The Labute approximate surface area is 239 Å². The van der Waals surface area contributed by atoms with Crippen LogP contribution in [-0.4, -0.2) is 31.2 Å². The van der Waals surface area contributed by atoms with Crippen molar-refractivity contribution in [2.45, 2.75) is 50.9 Å². The number of ether oxygens (including phenoxy) is 2. The molecule has 40 heavy (non-hydrogen) atoms. The quantitative estimate of drug-likeness (QED) is 0.223. The zero-order chi connectivity index (χ0) is 27.5. The average molecular weight is 558 g/mol. The number of thiophene rings is 1. The SMILES string of the molecule is CCOc1cc(/C=N/NC(=O)c2cccs2)ccc1OCC(=O)Nc1ccc(C23CC4CC(CC(C4)C2)C3)cc1. The Kier molecular flexibility index (Phi) is 7.61. The molecule has 0 radical (unpaired) electrons. The van der Waals surface area contributed by atoms with Crippen molar-refractivity contribution < 1.29 is 19.1 Å². The second-order valence-electron chi connectivity index (χ2n) is 11.4. The summed E-state index contributed by atoms with van der Waals surface area (Å²) in [4.78, 5) is 25.3. The monoisotopic (exact) mass is 557 g/mol. The summed E-state index contributed by atoms with van der Waals surface area (Å²) in [6, 6.07) is 17.4. The van der Waals surface area contributed by atoms with Gasteiger partial charge in [-0.3, -0.25) is 9.59 Å². The molecule has 0 atom stereocenters. The number of anilines is 1. The van der Waals surface area contributed by atoms with Gasteiger partial charge in [0.1, 0.15) is 0 Å². The second-order valence-corrected chi connectivity index (χ2v) is 12.4. The van der Waals surface area contributed by atoms with Gasteiger partial charge >= 0.3 is 0 Å². The van der Waals surface area contributed by atoms with Gasteiger partial charge in [0.25, 0.3) is 11.8 Å². The molecule has 0 saturated heterocycles. The van der Waals surface area contributed by atoms with Crippen molar-refractivity contribution >= 4 is 35.1 Å². The van der Waals surface area contributed by atoms with Crippen molar-refractivity contribution in [3.05, 3.63) is 76.0 Å². The van der Waals surface area contributed by atoms with E-state index in [0.29, 0.717) is 28.4 Å². The maximum absolute atomic E-state index is 12.7. The maximum atomic E-state index is 12.7. The van der Waals surface area contributed by atoms with Crippen LogP contribution in [0.25, 0.3) is 0 Å². The molecule has 8 heteroatoms. The third kappa shape index (κ3) is 5.77. The topological polar surface area (TPSA) is 89.0 Å². The Hall–Kier alpha value is -3.65. The minimum Gasteiger partial charge on any atom is -0.490 e. The van der Waals surface area contributed by atoms with Gasteiger partial charge in [-0.1, -0.05) is 18.2 Å². The molecular formula is C32H35N3O4S. The number of benzene rings is 2. The van der Waals surface area contributed by atoms with Crippen molar-refractivity contribution in [3.63, 3.8) is 0 Å². The molecule has 4 aliphatic rings. The smallest absolute Gasteiger partial charge is 0.281 e. The number of hydrazone groups is 1. The van der Waals surface area contributed by atoms with Crippen molar-refractivity contribution in [3.8, 4) is 11.5 Å². The van der Waals surface area contributed by atoms with Crippen LogP contribution < -0.4 is 20.2 Å². The number of rotatable bonds is 10. The van der Waals surface area contributed by atoms with Gasteiger partial charge < -0.3 is 14.8 Å². The molecule has 0 unspecified atom stereocenters. The summed E-state index contributed by atoms with van der Waals surface area (Å²) in [6.07, 6.45) is 9.83. The first kappa shape index (κ1) is 26.6. The Morgan fingerprint density at radius 2 is 1.70 bits per heavy atom. The zero-order valence-electron chi connectivity index (χ0n) is 22.7. The second kappa shape index (κ2) is 11.5. The van der Waals surface area contributed by atoms with Gasteiger partial charge in [0.2, 0.25) is 0 Å². The molecule has 4 fully saturated rings. The van der Waals surface area contributed by atoms with Gasteiger partial charge in [-0.05, 0) is 122 Å². The lowest BCUT2D eigenvalue weighted by atomic mass is 9.48. The molecule has 4 bridgehead atoms. The Bertz CT molecular complexity index is 1350. The first-order valence-corrected chi connectivity index (χ1v) is 15.0. The molecule has 0 spiro atoms. The van der Waals surface area contributed by atoms with Crippen LogP contribution in [0.1, 0.15) is 66.2 Å². The summed E-state index contributed by atoms with van der Waals surface area (Å²) in [5.74, 6) is 3.20. The number of hydrogen-bond acceptors (Lipinski definition) is 6. The number of nitrogens with zero attached hydrogens (tertiary/aromatic N) is 1. The molecular weight excluding hydrogens is 522 g/mol. The third-order valence-electron chi connectivity index (χ3n) is 8.57. The van der Waals surface area contributed by atoms with Gasteiger partial charge in [0, 0.05) is 5.69 Å². The van der Waals surface area contributed by atoms with E-state index < -0.39 is 0 Å². The Morgan fingerprint density at radius 3 is 2.35 bits per heavy atom. The molecule has 1 aromatic heterocycles. The largest absolute Gasteiger partial charge is 0.490 e. The first-order chi connectivity index (χ1) is 19.5. The summed E-state index contributed by atoms with van der Waals surface area (Å²) in [5.41, 5.74) is 5.81. The number of carbonyl (C=O) groups excluding carboxylic acids is 2. The normalized spacial score (nSPS) is 24.7. The van der Waals surface area contributed by atoms with Gasteiger partial charge in [-0.25, -0.2) is 5.43 Å². The standard InChI is InChI=1S/C32H35N3O4S/c1-2-38-28-15-21(19-33-35-31(37)29-4-3-11-40-29)5-10-27(28)39-20-30(36)34-26-8-6-25(7-9-26)32-16-22-12-23(17-32)14-24(13-22)18-32/h3-11,15,19,22-24H,2,12-14,16-18,20H2,1H3,(H,34,36)(H,35,37)/b33-19+. The molecule has 7 nitrogen and oxygen atoms in total. The molecule has 3 aromatic rings. The maximum Gasteiger partial charge on any atom is 0.281 e. The molecule has 1 heterocycles. The first-order valence-electron chi connectivity index (χ1n) is 14.2. The predicted octanol–water partition coefficient (Wildman–Crippen LogP) is 6.40. The third-order valence-corrected chi connectivity index (χ3v) is 9.44. The van der Waals surface area contributed by atoms with Crippen molar-refractivity contribution in [2.75, 3.05) is 18.5 Å². The van der Waals surface area contributed by atoms with Crippen LogP contribution in [0.4, 0.5) is 5.69 Å². The number of nitrogens with one attached hydrogen (secondary N) is 2. The molecule has 208 valence electrons. The molecule has 0 aliphatic heterocycles. The van der Waals surface area contributed by atoms with E-state index in [1.807, 2.05) is 30.5 Å². The highest BCUT2D eigenvalue weighted by Gasteiger charge is 2.51. The molecule has 2 amide bonds. The van der Waals surface area contributed by atoms with Gasteiger partial charge in [0.05, 0.1) is 17.7 Å². The summed E-state index contributed by atoms with van der Waals surface area (Å²) in [7, 11) is 0. The van der Waals surface area contributed by atoms with Gasteiger partial charge in [0.15, 0.2) is 18.1 Å². The lowest BCUT2D eigenvalue weighted by Crippen LogP contribution is -2.48. The number of amides is 2. The predicted molar refractivity (Wildman–Crippen MR) is 157 cm³/mol. The van der Waals surface area contributed by atoms with Crippen LogP contribution in [-0.2, 0) is 10.2 Å². The van der Waals surface area contributed by atoms with E-state index in [1.165, 1.54) is 61.6 Å². The fourth-order valence-electron chi connectivity index (χ4n) is 7.33. The van der Waals surface area contributed by atoms with Crippen LogP contribution >= 0.6 is 11.3 Å². The minimum atomic E-state index is -0.260. The fourth-order valence-corrected chi connectivity index (χ4v) is 7.95. The Balaban J connectivity index is 1.03. The number of carbonyl (C=O) groups is 2. The van der Waals surface area contributed by atoms with Gasteiger partial charge in [-0.2, -0.15) is 5.10 Å². The molecule has 2 N–H and O–H groups in total. The number of hydrogen-bond donors (Lipinski definition) is 2. The highest BCUT2D eigenvalue weighted by molar-refractivity contribution is 7.12. The fraction of sp³-hybridized carbons (Fsp3) is 0.406.